The molecule has 174 valence electrons. The Balaban J connectivity index is 1.28. The Labute approximate surface area is 203 Å². The third kappa shape index (κ3) is 5.00. The lowest BCUT2D eigenvalue weighted by Crippen LogP contribution is -2.44. The predicted molar refractivity (Wildman–Crippen MR) is 133 cm³/mol. The normalized spacial score (nSPS) is 14.6. The van der Waals surface area contributed by atoms with Crippen molar-refractivity contribution in [1.29, 1.82) is 0 Å². The molecular formula is C27H28N4O2S. The predicted octanol–water partition coefficient (Wildman–Crippen LogP) is 4.46. The minimum absolute atomic E-state index is 0.0905. The second kappa shape index (κ2) is 9.60. The van der Waals surface area contributed by atoms with Crippen molar-refractivity contribution in [1.82, 2.24) is 19.7 Å². The first-order valence-corrected chi connectivity index (χ1v) is 12.4. The average Bonchev–Trinajstić information content (AvgIpc) is 3.44. The first-order chi connectivity index (χ1) is 16.5. The van der Waals surface area contributed by atoms with Gasteiger partial charge in [0.2, 0.25) is 0 Å². The molecule has 7 heteroatoms. The molecule has 0 N–H and O–H groups in total. The third-order valence-corrected chi connectivity index (χ3v) is 7.32. The number of thiazole rings is 1. The van der Waals surface area contributed by atoms with Gasteiger partial charge in [-0.2, -0.15) is 5.10 Å². The highest BCUT2D eigenvalue weighted by Gasteiger charge is 2.38. The van der Waals surface area contributed by atoms with Gasteiger partial charge < -0.3 is 4.74 Å². The van der Waals surface area contributed by atoms with Crippen LogP contribution in [0.1, 0.15) is 39.3 Å². The van der Waals surface area contributed by atoms with Crippen molar-refractivity contribution < 1.29 is 9.53 Å². The number of aryl methyl sites for hydroxylation is 3. The van der Waals surface area contributed by atoms with Crippen LogP contribution in [0.3, 0.4) is 0 Å². The molecule has 0 saturated carbocycles. The standard InChI is InChI=1S/C27H28N4O2S/c1-19-3-6-21(7-4-19)31-22(14-25(30-31)27(2)17-33-18-27)13-23(32)15-26-29-16-24(34-26)8-5-20-9-11-28-12-10-20/h3-4,6-7,9-12,14,16H,5,8,13,15,17-18H2,1-2H3. The number of benzene rings is 1. The van der Waals surface area contributed by atoms with E-state index < -0.39 is 0 Å². The van der Waals surface area contributed by atoms with Gasteiger partial charge in [-0.1, -0.05) is 17.7 Å². The number of carbonyl (C=O) groups excluding carboxylic acids is 1. The molecule has 1 aliphatic heterocycles. The molecular weight excluding hydrogens is 444 g/mol. The van der Waals surface area contributed by atoms with Crippen LogP contribution in [0.4, 0.5) is 0 Å². The summed E-state index contributed by atoms with van der Waals surface area (Å²) in [6, 6.07) is 14.4. The Morgan fingerprint density at radius 3 is 2.56 bits per heavy atom. The number of aromatic nitrogens is 4. The highest BCUT2D eigenvalue weighted by atomic mass is 32.1. The van der Waals surface area contributed by atoms with E-state index in [1.807, 2.05) is 35.4 Å². The molecule has 4 aromatic rings. The largest absolute Gasteiger partial charge is 0.379 e. The Hall–Kier alpha value is -3.16. The van der Waals surface area contributed by atoms with Crippen molar-refractivity contribution in [2.75, 3.05) is 13.2 Å². The molecule has 4 heterocycles. The molecule has 0 atom stereocenters. The van der Waals surface area contributed by atoms with Crippen molar-refractivity contribution in [2.45, 2.75) is 44.9 Å². The summed E-state index contributed by atoms with van der Waals surface area (Å²) in [5, 5.41) is 5.76. The van der Waals surface area contributed by atoms with Crippen molar-refractivity contribution in [3.05, 3.63) is 93.5 Å². The maximum Gasteiger partial charge on any atom is 0.145 e. The molecule has 0 radical (unpaired) electrons. The lowest BCUT2D eigenvalue weighted by atomic mass is 9.85. The van der Waals surface area contributed by atoms with Crippen LogP contribution in [-0.4, -0.2) is 38.7 Å². The molecule has 1 fully saturated rings. The summed E-state index contributed by atoms with van der Waals surface area (Å²) in [4.78, 5) is 22.8. The van der Waals surface area contributed by atoms with Gasteiger partial charge >= 0.3 is 0 Å². The smallest absolute Gasteiger partial charge is 0.145 e. The monoisotopic (exact) mass is 472 g/mol. The molecule has 1 saturated heterocycles. The molecule has 0 spiro atoms. The van der Waals surface area contributed by atoms with Crippen LogP contribution in [-0.2, 0) is 40.6 Å². The fraction of sp³-hybridized carbons (Fsp3) is 0.333. The molecule has 3 aromatic heterocycles. The lowest BCUT2D eigenvalue weighted by Gasteiger charge is -2.36. The molecule has 0 aliphatic carbocycles. The lowest BCUT2D eigenvalue weighted by molar-refractivity contribution is -0.117. The number of Topliss-reactive ketones (excluding diaryl/α,β-unsaturated/α-hetero) is 1. The number of ketones is 1. The number of nitrogens with zero attached hydrogens (tertiary/aromatic N) is 4. The molecule has 1 aliphatic rings. The Kier molecular flexibility index (Phi) is 6.39. The van der Waals surface area contributed by atoms with Crippen LogP contribution in [0.15, 0.2) is 61.1 Å². The van der Waals surface area contributed by atoms with Crippen molar-refractivity contribution in [3.8, 4) is 5.69 Å². The van der Waals surface area contributed by atoms with E-state index in [0.717, 1.165) is 34.9 Å². The fourth-order valence-electron chi connectivity index (χ4n) is 4.10. The highest BCUT2D eigenvalue weighted by Crippen LogP contribution is 2.32. The quantitative estimate of drug-likeness (QED) is 0.360. The topological polar surface area (TPSA) is 69.9 Å². The minimum Gasteiger partial charge on any atom is -0.379 e. The van der Waals surface area contributed by atoms with Crippen molar-refractivity contribution in [3.63, 3.8) is 0 Å². The Bertz CT molecular complexity index is 1270. The van der Waals surface area contributed by atoms with Gasteiger partial charge in [0.15, 0.2) is 0 Å². The SMILES string of the molecule is Cc1ccc(-n2nc(C3(C)COC3)cc2CC(=O)Cc2ncc(CCc3ccncc3)s2)cc1. The van der Waals surface area contributed by atoms with E-state index >= 15 is 0 Å². The number of hydrogen-bond donors (Lipinski definition) is 0. The van der Waals surface area contributed by atoms with E-state index in [0.29, 0.717) is 26.1 Å². The van der Waals surface area contributed by atoms with E-state index in [1.54, 1.807) is 11.3 Å². The van der Waals surface area contributed by atoms with Crippen LogP contribution >= 0.6 is 11.3 Å². The van der Waals surface area contributed by atoms with Crippen LogP contribution in [0, 0.1) is 6.92 Å². The first kappa shape index (κ1) is 22.6. The summed E-state index contributed by atoms with van der Waals surface area (Å²) in [5.74, 6) is 0.143. The number of carbonyl (C=O) groups is 1. The Morgan fingerprint density at radius 2 is 1.85 bits per heavy atom. The second-order valence-corrected chi connectivity index (χ2v) is 10.5. The summed E-state index contributed by atoms with van der Waals surface area (Å²) in [6.45, 7) is 5.54. The molecule has 6 nitrogen and oxygen atoms in total. The average molecular weight is 473 g/mol. The maximum absolute atomic E-state index is 13.0. The fourth-order valence-corrected chi connectivity index (χ4v) is 5.05. The zero-order valence-electron chi connectivity index (χ0n) is 19.5. The second-order valence-electron chi connectivity index (χ2n) is 9.29. The van der Waals surface area contributed by atoms with Gasteiger partial charge in [-0.25, -0.2) is 9.67 Å². The van der Waals surface area contributed by atoms with Crippen molar-refractivity contribution in [2.24, 2.45) is 0 Å². The van der Waals surface area contributed by atoms with Crippen molar-refractivity contribution >= 4 is 17.1 Å². The highest BCUT2D eigenvalue weighted by molar-refractivity contribution is 7.11. The molecule has 5 rings (SSSR count). The van der Waals surface area contributed by atoms with Gasteiger partial charge in [-0.3, -0.25) is 9.78 Å². The molecule has 34 heavy (non-hydrogen) atoms. The van der Waals surface area contributed by atoms with E-state index in [1.165, 1.54) is 16.0 Å². The summed E-state index contributed by atoms with van der Waals surface area (Å²) >= 11 is 1.63. The molecule has 1 aromatic carbocycles. The molecule has 0 amide bonds. The molecule has 0 bridgehead atoms. The summed E-state index contributed by atoms with van der Waals surface area (Å²) < 4.78 is 7.36. The summed E-state index contributed by atoms with van der Waals surface area (Å²) in [7, 11) is 0. The van der Waals surface area contributed by atoms with Gasteiger partial charge in [-0.15, -0.1) is 11.3 Å². The van der Waals surface area contributed by atoms with Gasteiger partial charge in [0.25, 0.3) is 0 Å². The van der Waals surface area contributed by atoms with E-state index in [4.69, 9.17) is 9.84 Å². The van der Waals surface area contributed by atoms with Crippen LogP contribution < -0.4 is 0 Å². The van der Waals surface area contributed by atoms with Crippen LogP contribution in [0.25, 0.3) is 5.69 Å². The van der Waals surface area contributed by atoms with Gasteiger partial charge in [0.05, 0.1) is 42.1 Å². The van der Waals surface area contributed by atoms with E-state index in [2.05, 4.69) is 54.1 Å². The summed E-state index contributed by atoms with van der Waals surface area (Å²) in [6.07, 6.45) is 8.06. The number of pyridine rings is 1. The zero-order chi connectivity index (χ0) is 23.5. The zero-order valence-corrected chi connectivity index (χ0v) is 20.3. The minimum atomic E-state index is -0.0905. The number of rotatable bonds is 9. The third-order valence-electron chi connectivity index (χ3n) is 6.26. The molecule has 0 unspecified atom stereocenters. The maximum atomic E-state index is 13.0. The van der Waals surface area contributed by atoms with Gasteiger partial charge in [0.1, 0.15) is 10.8 Å². The Morgan fingerprint density at radius 1 is 1.09 bits per heavy atom. The number of hydrogen-bond acceptors (Lipinski definition) is 6. The van der Waals surface area contributed by atoms with Gasteiger partial charge in [0, 0.05) is 29.9 Å². The first-order valence-electron chi connectivity index (χ1n) is 11.6. The number of ether oxygens (including phenoxy) is 1. The van der Waals surface area contributed by atoms with Crippen LogP contribution in [0.5, 0.6) is 0 Å². The van der Waals surface area contributed by atoms with E-state index in [9.17, 15) is 4.79 Å². The summed E-state index contributed by atoms with van der Waals surface area (Å²) in [5.41, 5.74) is 5.22. The van der Waals surface area contributed by atoms with Crippen LogP contribution in [0.2, 0.25) is 0 Å². The van der Waals surface area contributed by atoms with E-state index in [-0.39, 0.29) is 11.2 Å². The van der Waals surface area contributed by atoms with Gasteiger partial charge in [-0.05, 0) is 62.6 Å².